The van der Waals surface area contributed by atoms with Crippen LogP contribution < -0.4 is 20.9 Å². The Balaban J connectivity index is 1.74. The molecule has 2 aliphatic heterocycles. The number of aromatic hydroxyl groups is 2. The van der Waals surface area contributed by atoms with Crippen LogP contribution in [-0.4, -0.2) is 35.1 Å². The number of H-pyrrole nitrogens is 2. The molecule has 2 aromatic rings. The second-order valence-corrected chi connectivity index (χ2v) is 6.09. The van der Waals surface area contributed by atoms with Crippen LogP contribution in [0.25, 0.3) is 23.3 Å². The van der Waals surface area contributed by atoms with Crippen molar-refractivity contribution in [3.63, 3.8) is 0 Å². The van der Waals surface area contributed by atoms with Crippen molar-refractivity contribution in [2.45, 2.75) is 0 Å². The first-order valence-electron chi connectivity index (χ1n) is 8.54. The van der Waals surface area contributed by atoms with Gasteiger partial charge in [0.15, 0.2) is 0 Å². The van der Waals surface area contributed by atoms with Crippen molar-refractivity contribution in [3.05, 3.63) is 43.3 Å². The molecular weight excluding hydrogens is 390 g/mol. The molecule has 2 aliphatic rings. The van der Waals surface area contributed by atoms with Gasteiger partial charge in [-0.25, -0.2) is 9.97 Å². The van der Waals surface area contributed by atoms with Gasteiger partial charge in [-0.3, -0.25) is 4.98 Å². The van der Waals surface area contributed by atoms with E-state index in [1.807, 2.05) is 0 Å². The van der Waals surface area contributed by atoms with E-state index in [0.717, 1.165) is 0 Å². The molecule has 4 rings (SSSR count). The Kier molecular flexibility index (Phi) is 4.39. The van der Waals surface area contributed by atoms with Gasteiger partial charge in [0.25, 0.3) is 0 Å². The third-order valence-corrected chi connectivity index (χ3v) is 4.32. The SMILES string of the molecule is C=Cc1[nH]c(O)c(Oc2ncnc(Oc3c(O)[nH]c(C=C)c3N)c3cncc2-3)c1N. The van der Waals surface area contributed by atoms with E-state index in [-0.39, 0.29) is 46.4 Å². The highest BCUT2D eigenvalue weighted by Gasteiger charge is 2.24. The quantitative estimate of drug-likeness (QED) is 0.280. The lowest BCUT2D eigenvalue weighted by molar-refractivity contribution is 0.397. The lowest BCUT2D eigenvalue weighted by Crippen LogP contribution is -1.93. The zero-order valence-corrected chi connectivity index (χ0v) is 15.5. The van der Waals surface area contributed by atoms with E-state index < -0.39 is 0 Å². The predicted molar refractivity (Wildman–Crippen MR) is 111 cm³/mol. The molecule has 0 saturated carbocycles. The van der Waals surface area contributed by atoms with Crippen molar-refractivity contribution < 1.29 is 19.7 Å². The summed E-state index contributed by atoms with van der Waals surface area (Å²) >= 11 is 0. The van der Waals surface area contributed by atoms with Gasteiger partial charge in [-0.15, -0.1) is 0 Å². The molecule has 0 aromatic carbocycles. The summed E-state index contributed by atoms with van der Waals surface area (Å²) in [4.78, 5) is 17.7. The number of nitrogen functional groups attached to an aromatic ring is 2. The van der Waals surface area contributed by atoms with Crippen LogP contribution in [0.2, 0.25) is 0 Å². The van der Waals surface area contributed by atoms with Crippen molar-refractivity contribution in [1.82, 2.24) is 24.9 Å². The fourth-order valence-corrected chi connectivity index (χ4v) is 2.83. The zero-order valence-electron chi connectivity index (χ0n) is 15.5. The summed E-state index contributed by atoms with van der Waals surface area (Å²) in [5.41, 5.74) is 13.9. The van der Waals surface area contributed by atoms with E-state index in [9.17, 15) is 10.2 Å². The lowest BCUT2D eigenvalue weighted by atomic mass is 10.2. The summed E-state index contributed by atoms with van der Waals surface area (Å²) in [6.45, 7) is 7.22. The maximum absolute atomic E-state index is 10.1. The number of fused-ring (bicyclic) bond motifs is 1. The minimum atomic E-state index is -0.283. The first-order chi connectivity index (χ1) is 14.4. The van der Waals surface area contributed by atoms with E-state index in [2.05, 4.69) is 38.1 Å². The Morgan fingerprint density at radius 1 is 0.833 bits per heavy atom. The van der Waals surface area contributed by atoms with Gasteiger partial charge in [0.1, 0.15) is 17.7 Å². The summed E-state index contributed by atoms with van der Waals surface area (Å²) in [5, 5.41) is 20.2. The number of nitrogens with zero attached hydrogens (tertiary/aromatic N) is 3. The molecule has 4 heterocycles. The Bertz CT molecular complexity index is 1150. The minimum Gasteiger partial charge on any atom is -0.492 e. The molecule has 0 amide bonds. The number of hydrogen-bond acceptors (Lipinski definition) is 9. The minimum absolute atomic E-state index is 0.0169. The monoisotopic (exact) mass is 407 g/mol. The molecule has 0 saturated heterocycles. The summed E-state index contributed by atoms with van der Waals surface area (Å²) in [6.07, 6.45) is 7.04. The number of nitrogens with two attached hydrogens (primary N) is 2. The molecule has 0 atom stereocenters. The van der Waals surface area contributed by atoms with Gasteiger partial charge in [0.05, 0.1) is 22.5 Å². The number of rotatable bonds is 6. The van der Waals surface area contributed by atoms with Gasteiger partial charge >= 0.3 is 0 Å². The fourth-order valence-electron chi connectivity index (χ4n) is 2.83. The largest absolute Gasteiger partial charge is 0.492 e. The van der Waals surface area contributed by atoms with Gasteiger partial charge in [-0.2, -0.15) is 0 Å². The molecule has 8 N–H and O–H groups in total. The van der Waals surface area contributed by atoms with Crippen LogP contribution in [0.15, 0.2) is 31.9 Å². The van der Waals surface area contributed by atoms with E-state index in [0.29, 0.717) is 22.5 Å². The lowest BCUT2D eigenvalue weighted by Gasteiger charge is -2.07. The fraction of sp³-hybridized carbons (Fsp3) is 0. The van der Waals surface area contributed by atoms with Crippen molar-refractivity contribution in [2.24, 2.45) is 0 Å². The van der Waals surface area contributed by atoms with Crippen LogP contribution in [0, 0.1) is 0 Å². The smallest absolute Gasteiger partial charge is 0.235 e. The van der Waals surface area contributed by atoms with Crippen molar-refractivity contribution in [3.8, 4) is 46.1 Å². The van der Waals surface area contributed by atoms with Crippen LogP contribution in [-0.2, 0) is 0 Å². The number of ether oxygens (including phenoxy) is 2. The third-order valence-electron chi connectivity index (χ3n) is 4.32. The molecule has 0 radical (unpaired) electrons. The molecule has 11 nitrogen and oxygen atoms in total. The molecule has 152 valence electrons. The van der Waals surface area contributed by atoms with Crippen LogP contribution in [0.1, 0.15) is 11.4 Å². The number of hydrogen-bond donors (Lipinski definition) is 6. The molecule has 11 heteroatoms. The number of anilines is 2. The van der Waals surface area contributed by atoms with E-state index in [4.69, 9.17) is 20.9 Å². The Morgan fingerprint density at radius 2 is 1.27 bits per heavy atom. The molecule has 0 spiro atoms. The van der Waals surface area contributed by atoms with Gasteiger partial charge in [0, 0.05) is 12.4 Å². The summed E-state index contributed by atoms with van der Waals surface area (Å²) in [5.74, 6) is -0.461. The molecule has 0 fully saturated rings. The number of nitrogens with one attached hydrogen (secondary N) is 2. The van der Waals surface area contributed by atoms with Gasteiger partial charge in [-0.1, -0.05) is 13.2 Å². The van der Waals surface area contributed by atoms with Crippen molar-refractivity contribution in [2.75, 3.05) is 11.5 Å². The van der Waals surface area contributed by atoms with Crippen LogP contribution >= 0.6 is 0 Å². The maximum atomic E-state index is 10.1. The van der Waals surface area contributed by atoms with E-state index >= 15 is 0 Å². The predicted octanol–water partition coefficient (Wildman–Crippen LogP) is 3.08. The molecule has 30 heavy (non-hydrogen) atoms. The van der Waals surface area contributed by atoms with Crippen molar-refractivity contribution in [1.29, 1.82) is 0 Å². The number of aromatic amines is 2. The molecule has 2 aromatic heterocycles. The number of aromatic nitrogens is 5. The second-order valence-electron chi connectivity index (χ2n) is 6.09. The average molecular weight is 407 g/mol. The highest BCUT2D eigenvalue weighted by atomic mass is 16.5. The van der Waals surface area contributed by atoms with E-state index in [1.54, 1.807) is 0 Å². The average Bonchev–Trinajstić information content (AvgIpc) is 3.36. The summed E-state index contributed by atoms with van der Waals surface area (Å²) < 4.78 is 11.5. The maximum Gasteiger partial charge on any atom is 0.235 e. The molecular formula is C19H17N7O4. The summed E-state index contributed by atoms with van der Waals surface area (Å²) in [7, 11) is 0. The molecule has 0 unspecified atom stereocenters. The zero-order chi connectivity index (χ0) is 21.4. The topological polar surface area (TPSA) is 181 Å². The first kappa shape index (κ1) is 18.7. The normalized spacial score (nSPS) is 10.8. The standard InChI is InChI=1S/C19H17N7O4/c1-3-10-12(20)14(16(27)25-10)29-18-8-5-22-6-9(8)19(24-7-23-18)30-15-13(21)11(4-2)26-17(15)28/h3-7,25-28H,1-2,20-21H2. The Labute approximate surface area is 169 Å². The van der Waals surface area contributed by atoms with Gasteiger partial charge in [0.2, 0.25) is 35.0 Å². The molecule has 0 bridgehead atoms. The van der Waals surface area contributed by atoms with Crippen LogP contribution in [0.3, 0.4) is 0 Å². The molecule has 0 aliphatic carbocycles. The Hall–Kier alpha value is -4.67. The van der Waals surface area contributed by atoms with E-state index in [1.165, 1.54) is 30.9 Å². The first-order valence-corrected chi connectivity index (χ1v) is 8.54. The van der Waals surface area contributed by atoms with Gasteiger partial charge < -0.3 is 41.1 Å². The van der Waals surface area contributed by atoms with Gasteiger partial charge in [-0.05, 0) is 12.2 Å². The van der Waals surface area contributed by atoms with Crippen molar-refractivity contribution >= 4 is 23.5 Å². The van der Waals surface area contributed by atoms with Crippen LogP contribution in [0.5, 0.6) is 35.0 Å². The highest BCUT2D eigenvalue weighted by Crippen LogP contribution is 2.45. The Morgan fingerprint density at radius 3 is 1.63 bits per heavy atom. The van der Waals surface area contributed by atoms with Crippen LogP contribution in [0.4, 0.5) is 11.4 Å². The second kappa shape index (κ2) is 7.05. The third kappa shape index (κ3) is 2.90. The highest BCUT2D eigenvalue weighted by molar-refractivity contribution is 5.77. The summed E-state index contributed by atoms with van der Waals surface area (Å²) in [6, 6.07) is 0.